The third kappa shape index (κ3) is 23.7. The average molecular weight is 699 g/mol. The summed E-state index contributed by atoms with van der Waals surface area (Å²) in [5.74, 6) is 0. The van der Waals surface area contributed by atoms with Crippen LogP contribution < -0.4 is 0 Å². The lowest BCUT2D eigenvalue weighted by Gasteiger charge is -2.23. The topological polar surface area (TPSA) is 0 Å². The Morgan fingerprint density at radius 3 is 0.724 bits per heavy atom. The van der Waals surface area contributed by atoms with Gasteiger partial charge in [0.2, 0.25) is 0 Å². The van der Waals surface area contributed by atoms with E-state index in [2.05, 4.69) is 101 Å². The van der Waals surface area contributed by atoms with E-state index in [1.165, 1.54) is 0 Å². The van der Waals surface area contributed by atoms with Gasteiger partial charge in [-0.05, 0) is 6.42 Å². The van der Waals surface area contributed by atoms with Crippen molar-refractivity contribution in [2.45, 2.75) is 24.7 Å². The zero-order valence-corrected chi connectivity index (χ0v) is 29.2. The maximum atomic E-state index is 4.26. The van der Waals surface area contributed by atoms with Gasteiger partial charge in [0.1, 0.15) is 0 Å². The standard InChI is InChI=1S/C7H16S8.C6H14S8/c8-2-12-6(13-3-9)1-7(14-4-10)15-5-11;7-1-11-5(12-2-8)6(13-3-9)14-4-10/h6-11H,1-5H2;5-10H,1-4H2. The van der Waals surface area contributed by atoms with E-state index in [0.717, 1.165) is 47.1 Å². The Bertz CT molecular complexity index is 259. The minimum atomic E-state index is 0.527. The average Bonchev–Trinajstić information content (AvgIpc) is 2.69. The van der Waals surface area contributed by atoms with Crippen LogP contribution in [-0.2, 0) is 0 Å². The molecular weight excluding hydrogens is 669 g/mol. The summed E-state index contributed by atoms with van der Waals surface area (Å²) in [7, 11) is 0. The summed E-state index contributed by atoms with van der Waals surface area (Å²) in [5, 5.41) is 6.88. The Labute approximate surface area is 256 Å². The molecule has 0 fully saturated rings. The van der Waals surface area contributed by atoms with Crippen LogP contribution in [0.1, 0.15) is 6.42 Å². The van der Waals surface area contributed by atoms with Crippen LogP contribution in [0.3, 0.4) is 0 Å². The molecule has 0 atom stereocenters. The summed E-state index contributed by atoms with van der Waals surface area (Å²) in [4.78, 5) is 0. The molecule has 178 valence electrons. The van der Waals surface area contributed by atoms with Gasteiger partial charge in [-0.3, -0.25) is 0 Å². The second kappa shape index (κ2) is 29.8. The Morgan fingerprint density at radius 2 is 0.552 bits per heavy atom. The molecule has 0 aromatic carbocycles. The Hall–Kier alpha value is 5.60. The fraction of sp³-hybridized carbons (Fsp3) is 1.00. The van der Waals surface area contributed by atoms with Crippen molar-refractivity contribution in [2.75, 3.05) is 40.7 Å². The van der Waals surface area contributed by atoms with E-state index in [4.69, 9.17) is 0 Å². The zero-order valence-electron chi connectivity index (χ0n) is 15.5. The van der Waals surface area contributed by atoms with E-state index >= 15 is 0 Å². The van der Waals surface area contributed by atoms with Gasteiger partial charge in [-0.15, -0.1) is 94.1 Å². The van der Waals surface area contributed by atoms with Crippen molar-refractivity contribution < 1.29 is 0 Å². The van der Waals surface area contributed by atoms with Crippen LogP contribution in [0.5, 0.6) is 0 Å². The van der Waals surface area contributed by atoms with Crippen LogP contribution >= 0.6 is 195 Å². The van der Waals surface area contributed by atoms with Gasteiger partial charge in [0, 0.05) is 40.7 Å². The highest BCUT2D eigenvalue weighted by Gasteiger charge is 2.21. The fourth-order valence-electron chi connectivity index (χ4n) is 1.56. The monoisotopic (exact) mass is 698 g/mol. The SMILES string of the molecule is SCSC(CC(SCS)SCS)SCS.SCSC(SCS)C(SCS)SCS. The molecule has 0 bridgehead atoms. The lowest BCUT2D eigenvalue weighted by molar-refractivity contribution is 1.03. The van der Waals surface area contributed by atoms with E-state index in [-0.39, 0.29) is 0 Å². The molecule has 0 aromatic rings. The summed E-state index contributed by atoms with van der Waals surface area (Å²) in [6.07, 6.45) is 1.16. The summed E-state index contributed by atoms with van der Waals surface area (Å²) in [6, 6.07) is 0. The van der Waals surface area contributed by atoms with Crippen molar-refractivity contribution in [1.29, 1.82) is 0 Å². The number of thiol groups is 8. The first-order chi connectivity index (χ1) is 14.1. The van der Waals surface area contributed by atoms with Gasteiger partial charge >= 0.3 is 0 Å². The Balaban J connectivity index is 0. The van der Waals surface area contributed by atoms with Crippen molar-refractivity contribution in [3.05, 3.63) is 0 Å². The van der Waals surface area contributed by atoms with Crippen LogP contribution in [-0.4, -0.2) is 59.0 Å². The second-order valence-electron chi connectivity index (χ2n) is 4.20. The third-order valence-electron chi connectivity index (χ3n) is 2.60. The molecule has 0 spiro atoms. The van der Waals surface area contributed by atoms with Crippen LogP contribution in [0.15, 0.2) is 0 Å². The van der Waals surface area contributed by atoms with Gasteiger partial charge < -0.3 is 0 Å². The number of hydrogen-bond donors (Lipinski definition) is 8. The molecule has 0 aliphatic rings. The normalized spacial score (nSPS) is 11.6. The molecule has 0 saturated carbocycles. The first-order valence-corrected chi connectivity index (χ1v) is 21.3. The lowest BCUT2D eigenvalue weighted by atomic mass is 10.5. The highest BCUT2D eigenvalue weighted by Crippen LogP contribution is 2.40. The lowest BCUT2D eigenvalue weighted by Crippen LogP contribution is -2.13. The van der Waals surface area contributed by atoms with Gasteiger partial charge in [0.25, 0.3) is 0 Å². The molecule has 0 nitrogen and oxygen atoms in total. The minimum Gasteiger partial charge on any atom is -0.168 e. The molecule has 0 aliphatic heterocycles. The number of rotatable bonds is 19. The minimum absolute atomic E-state index is 0.527. The Morgan fingerprint density at radius 1 is 0.345 bits per heavy atom. The summed E-state index contributed by atoms with van der Waals surface area (Å²) in [5.41, 5.74) is 0. The molecule has 16 heteroatoms. The molecule has 0 saturated heterocycles. The van der Waals surface area contributed by atoms with Crippen LogP contribution in [0.25, 0.3) is 0 Å². The second-order valence-corrected chi connectivity index (χ2v) is 20.6. The molecule has 0 N–H and O–H groups in total. The van der Waals surface area contributed by atoms with Gasteiger partial charge in [-0.1, -0.05) is 0 Å². The predicted octanol–water partition coefficient (Wildman–Crippen LogP) is 8.63. The quantitative estimate of drug-likeness (QED) is 0.0493. The van der Waals surface area contributed by atoms with Crippen LogP contribution in [0.2, 0.25) is 0 Å². The van der Waals surface area contributed by atoms with Gasteiger partial charge in [-0.25, -0.2) is 0 Å². The van der Waals surface area contributed by atoms with Crippen LogP contribution in [0.4, 0.5) is 0 Å². The molecular formula is C13H30S16. The van der Waals surface area contributed by atoms with Crippen molar-refractivity contribution in [3.8, 4) is 0 Å². The third-order valence-corrected chi connectivity index (χ3v) is 16.0. The van der Waals surface area contributed by atoms with E-state index in [1.807, 2.05) is 94.1 Å². The molecule has 0 amide bonds. The summed E-state index contributed by atoms with van der Waals surface area (Å²) < 4.78 is 2.23. The summed E-state index contributed by atoms with van der Waals surface area (Å²) >= 11 is 49.0. The number of thioether (sulfide) groups is 8. The first-order valence-electron chi connectivity index (χ1n) is 7.87. The first kappa shape index (κ1) is 36.8. The van der Waals surface area contributed by atoms with E-state index in [9.17, 15) is 0 Å². The zero-order chi connectivity index (χ0) is 22.3. The van der Waals surface area contributed by atoms with Crippen LogP contribution in [0, 0.1) is 0 Å². The molecule has 0 aliphatic carbocycles. The maximum absolute atomic E-state index is 4.26. The van der Waals surface area contributed by atoms with Crippen molar-refractivity contribution >= 4 is 195 Å². The molecule has 0 rings (SSSR count). The molecule has 0 unspecified atom stereocenters. The van der Waals surface area contributed by atoms with E-state index in [1.54, 1.807) is 0 Å². The predicted molar refractivity (Wildman–Crippen MR) is 191 cm³/mol. The molecule has 0 heterocycles. The fourth-order valence-corrected chi connectivity index (χ4v) is 16.8. The van der Waals surface area contributed by atoms with E-state index < -0.39 is 0 Å². The van der Waals surface area contributed by atoms with Crippen molar-refractivity contribution in [3.63, 3.8) is 0 Å². The van der Waals surface area contributed by atoms with Crippen molar-refractivity contribution in [1.82, 2.24) is 0 Å². The largest absolute Gasteiger partial charge is 0.168 e. The molecule has 0 radical (unpaired) electrons. The van der Waals surface area contributed by atoms with Gasteiger partial charge in [0.15, 0.2) is 0 Å². The highest BCUT2D eigenvalue weighted by atomic mass is 32.3. The summed E-state index contributed by atoms with van der Waals surface area (Å²) in [6.45, 7) is 0. The number of hydrogen-bond acceptors (Lipinski definition) is 16. The smallest absolute Gasteiger partial charge is 0.0729 e. The van der Waals surface area contributed by atoms with E-state index in [0.29, 0.717) is 18.3 Å². The molecule has 0 aromatic heterocycles. The highest BCUT2D eigenvalue weighted by molar-refractivity contribution is 8.29. The van der Waals surface area contributed by atoms with Gasteiger partial charge in [0.05, 0.1) is 18.3 Å². The van der Waals surface area contributed by atoms with Gasteiger partial charge in [-0.2, -0.15) is 101 Å². The maximum Gasteiger partial charge on any atom is 0.0729 e. The Kier molecular flexibility index (Phi) is 37.8. The molecule has 29 heavy (non-hydrogen) atoms. The van der Waals surface area contributed by atoms with Crippen molar-refractivity contribution in [2.24, 2.45) is 0 Å².